The fourth-order valence-corrected chi connectivity index (χ4v) is 10.6. The van der Waals surface area contributed by atoms with Crippen molar-refractivity contribution in [3.63, 3.8) is 0 Å². The standard InChI is InChI=1S/C53H34S/c1-4-17-35(18-5-1)36-19-16-20-37(33-36)49-41-25-10-12-27-43(41)50(44-28-13-11-26-42(44)49)38-31-32-45-47(34-38)53(39-21-6-2-7-22-39,40-23-8-3-9-24-40)51-46-29-14-15-30-48(46)54-52(45)51/h1-34H. The Kier molecular flexibility index (Phi) is 7.05. The van der Waals surface area contributed by atoms with E-state index >= 15 is 0 Å². The van der Waals surface area contributed by atoms with Gasteiger partial charge in [0.05, 0.1) is 5.41 Å². The molecule has 0 spiro atoms. The maximum atomic E-state index is 2.53. The number of rotatable bonds is 5. The van der Waals surface area contributed by atoms with Crippen LogP contribution in [-0.2, 0) is 5.41 Å². The van der Waals surface area contributed by atoms with E-state index in [1.54, 1.807) is 0 Å². The fraction of sp³-hybridized carbons (Fsp3) is 0.0189. The molecule has 0 amide bonds. The van der Waals surface area contributed by atoms with Crippen molar-refractivity contribution >= 4 is 43.0 Å². The highest BCUT2D eigenvalue weighted by Gasteiger charge is 2.48. The molecule has 0 N–H and O–H groups in total. The van der Waals surface area contributed by atoms with Crippen LogP contribution in [0.15, 0.2) is 206 Å². The van der Waals surface area contributed by atoms with Crippen LogP contribution in [0.25, 0.3) is 75.5 Å². The van der Waals surface area contributed by atoms with Crippen molar-refractivity contribution in [1.29, 1.82) is 0 Å². The van der Waals surface area contributed by atoms with Gasteiger partial charge in [0.15, 0.2) is 0 Å². The predicted octanol–water partition coefficient (Wildman–Crippen LogP) is 14.6. The third-order valence-corrected chi connectivity index (χ3v) is 12.7. The highest BCUT2D eigenvalue weighted by atomic mass is 32.1. The summed E-state index contributed by atoms with van der Waals surface area (Å²) in [5.41, 5.74) is 13.6. The van der Waals surface area contributed by atoms with Gasteiger partial charge in [-0.05, 0) is 106 Å². The number of hydrogen-bond acceptors (Lipinski definition) is 1. The predicted molar refractivity (Wildman–Crippen MR) is 230 cm³/mol. The lowest BCUT2D eigenvalue weighted by Crippen LogP contribution is -2.28. The van der Waals surface area contributed by atoms with Crippen molar-refractivity contribution in [3.05, 3.63) is 229 Å². The Labute approximate surface area is 319 Å². The normalized spacial score (nSPS) is 13.0. The second-order valence-electron chi connectivity index (χ2n) is 14.3. The summed E-state index contributed by atoms with van der Waals surface area (Å²) in [6.07, 6.45) is 0. The molecule has 0 bridgehead atoms. The maximum absolute atomic E-state index is 2.53. The van der Waals surface area contributed by atoms with Crippen LogP contribution >= 0.6 is 11.3 Å². The fourth-order valence-electron chi connectivity index (χ4n) is 9.33. The summed E-state index contributed by atoms with van der Waals surface area (Å²) in [4.78, 5) is 1.37. The van der Waals surface area contributed by atoms with Crippen LogP contribution < -0.4 is 0 Å². The van der Waals surface area contributed by atoms with Crippen LogP contribution in [0, 0.1) is 0 Å². The number of thiophene rings is 1. The summed E-state index contributed by atoms with van der Waals surface area (Å²) in [6, 6.07) is 76.4. The Morgan fingerprint density at radius 1 is 0.333 bits per heavy atom. The molecule has 0 fully saturated rings. The lowest BCUT2D eigenvalue weighted by atomic mass is 9.67. The molecule has 10 aromatic rings. The number of hydrogen-bond donors (Lipinski definition) is 0. The third-order valence-electron chi connectivity index (χ3n) is 11.5. The van der Waals surface area contributed by atoms with Crippen LogP contribution in [0.2, 0.25) is 0 Å². The van der Waals surface area contributed by atoms with Crippen LogP contribution in [0.4, 0.5) is 0 Å². The van der Waals surface area contributed by atoms with E-state index in [4.69, 9.17) is 0 Å². The zero-order chi connectivity index (χ0) is 35.6. The van der Waals surface area contributed by atoms with Crippen LogP contribution in [0.3, 0.4) is 0 Å². The topological polar surface area (TPSA) is 0 Å². The number of benzene rings is 9. The van der Waals surface area contributed by atoms with Crippen LogP contribution in [-0.4, -0.2) is 0 Å². The minimum absolute atomic E-state index is 0.480. The maximum Gasteiger partial charge on any atom is 0.0728 e. The molecule has 1 aliphatic rings. The average molecular weight is 703 g/mol. The summed E-state index contributed by atoms with van der Waals surface area (Å²) < 4.78 is 1.33. The first-order chi connectivity index (χ1) is 26.8. The Hall–Kier alpha value is -6.54. The molecule has 0 saturated carbocycles. The average Bonchev–Trinajstić information content (AvgIpc) is 3.77. The van der Waals surface area contributed by atoms with Gasteiger partial charge < -0.3 is 0 Å². The molecule has 1 aliphatic carbocycles. The summed E-state index contributed by atoms with van der Waals surface area (Å²) >= 11 is 1.93. The van der Waals surface area contributed by atoms with Gasteiger partial charge in [0.1, 0.15) is 0 Å². The molecular weight excluding hydrogens is 669 g/mol. The summed E-state index contributed by atoms with van der Waals surface area (Å²) in [6.45, 7) is 0. The Balaban J connectivity index is 1.22. The van der Waals surface area contributed by atoms with Crippen molar-refractivity contribution in [2.45, 2.75) is 5.41 Å². The Morgan fingerprint density at radius 2 is 0.796 bits per heavy atom. The molecule has 252 valence electrons. The Morgan fingerprint density at radius 3 is 1.39 bits per heavy atom. The SMILES string of the molecule is c1ccc(-c2cccc(-c3c4ccccc4c(-c4ccc5c(c4)C(c4ccccc4)(c4ccccc4)c4c-5sc5ccccc45)c4ccccc34)c2)cc1. The van der Waals surface area contributed by atoms with E-state index in [0.717, 1.165) is 0 Å². The van der Waals surface area contributed by atoms with E-state index in [2.05, 4.69) is 206 Å². The quantitative estimate of drug-likeness (QED) is 0.157. The second-order valence-corrected chi connectivity index (χ2v) is 15.4. The van der Waals surface area contributed by atoms with Gasteiger partial charge in [0, 0.05) is 9.58 Å². The third kappa shape index (κ3) is 4.49. The van der Waals surface area contributed by atoms with Crippen molar-refractivity contribution in [1.82, 2.24) is 0 Å². The smallest absolute Gasteiger partial charge is 0.0728 e. The van der Waals surface area contributed by atoms with Crippen molar-refractivity contribution in [3.8, 4) is 43.8 Å². The first-order valence-corrected chi connectivity index (χ1v) is 19.5. The molecule has 54 heavy (non-hydrogen) atoms. The summed E-state index contributed by atoms with van der Waals surface area (Å²) in [5, 5.41) is 6.39. The van der Waals surface area contributed by atoms with E-state index in [0.29, 0.717) is 0 Å². The molecule has 9 aromatic carbocycles. The zero-order valence-corrected chi connectivity index (χ0v) is 30.4. The molecule has 0 atom stereocenters. The van der Waals surface area contributed by atoms with Gasteiger partial charge in [-0.3, -0.25) is 0 Å². The molecule has 1 aromatic heterocycles. The molecule has 0 nitrogen and oxygen atoms in total. The monoisotopic (exact) mass is 702 g/mol. The molecule has 11 rings (SSSR count). The second kappa shape index (κ2) is 12.3. The van der Waals surface area contributed by atoms with Crippen molar-refractivity contribution < 1.29 is 0 Å². The van der Waals surface area contributed by atoms with Gasteiger partial charge in [-0.25, -0.2) is 0 Å². The van der Waals surface area contributed by atoms with Gasteiger partial charge >= 0.3 is 0 Å². The van der Waals surface area contributed by atoms with Gasteiger partial charge in [0.25, 0.3) is 0 Å². The van der Waals surface area contributed by atoms with Crippen LogP contribution in [0.5, 0.6) is 0 Å². The molecule has 1 heterocycles. The molecule has 1 heteroatoms. The van der Waals surface area contributed by atoms with Crippen molar-refractivity contribution in [2.24, 2.45) is 0 Å². The molecule has 0 aliphatic heterocycles. The summed E-state index contributed by atoms with van der Waals surface area (Å²) in [5.74, 6) is 0. The highest BCUT2D eigenvalue weighted by molar-refractivity contribution is 7.22. The minimum atomic E-state index is -0.480. The largest absolute Gasteiger partial charge is 0.135 e. The van der Waals surface area contributed by atoms with Gasteiger partial charge in [-0.15, -0.1) is 11.3 Å². The molecule has 0 unspecified atom stereocenters. The highest BCUT2D eigenvalue weighted by Crippen LogP contribution is 2.61. The van der Waals surface area contributed by atoms with E-state index in [9.17, 15) is 0 Å². The van der Waals surface area contributed by atoms with Gasteiger partial charge in [-0.2, -0.15) is 0 Å². The first-order valence-electron chi connectivity index (χ1n) is 18.7. The van der Waals surface area contributed by atoms with E-state index in [1.165, 1.54) is 97.7 Å². The molecule has 0 saturated heterocycles. The van der Waals surface area contributed by atoms with Crippen molar-refractivity contribution in [2.75, 3.05) is 0 Å². The summed E-state index contributed by atoms with van der Waals surface area (Å²) in [7, 11) is 0. The molecule has 0 radical (unpaired) electrons. The van der Waals surface area contributed by atoms with E-state index < -0.39 is 5.41 Å². The lowest BCUT2D eigenvalue weighted by molar-refractivity contribution is 0.777. The lowest BCUT2D eigenvalue weighted by Gasteiger charge is -2.34. The van der Waals surface area contributed by atoms with Gasteiger partial charge in [0.2, 0.25) is 0 Å². The van der Waals surface area contributed by atoms with E-state index in [1.807, 2.05) is 11.3 Å². The minimum Gasteiger partial charge on any atom is -0.135 e. The Bertz CT molecular complexity index is 2930. The first kappa shape index (κ1) is 31.0. The number of fused-ring (bicyclic) bond motifs is 7. The van der Waals surface area contributed by atoms with Gasteiger partial charge in [-0.1, -0.05) is 188 Å². The zero-order valence-electron chi connectivity index (χ0n) is 29.5. The molecular formula is C53H34S. The van der Waals surface area contributed by atoms with Crippen LogP contribution in [0.1, 0.15) is 22.3 Å². The van der Waals surface area contributed by atoms with E-state index in [-0.39, 0.29) is 0 Å².